The summed E-state index contributed by atoms with van der Waals surface area (Å²) in [6, 6.07) is 5.14. The SMILES string of the molecule is C[C@@H](OC(=O)CCC(=O)c1ccc(F)cc1)C(=O)NCCC1=CCCCC1. The molecule has 1 aliphatic rings. The molecule has 1 aromatic carbocycles. The van der Waals surface area contributed by atoms with Gasteiger partial charge in [0.15, 0.2) is 11.9 Å². The van der Waals surface area contributed by atoms with Gasteiger partial charge in [-0.2, -0.15) is 0 Å². The molecule has 27 heavy (non-hydrogen) atoms. The van der Waals surface area contributed by atoms with Gasteiger partial charge in [0.25, 0.3) is 5.91 Å². The summed E-state index contributed by atoms with van der Waals surface area (Å²) in [6.07, 6.45) is 6.59. The highest BCUT2D eigenvalue weighted by atomic mass is 19.1. The van der Waals surface area contributed by atoms with Gasteiger partial charge >= 0.3 is 5.97 Å². The molecule has 0 saturated heterocycles. The van der Waals surface area contributed by atoms with E-state index in [2.05, 4.69) is 11.4 Å². The van der Waals surface area contributed by atoms with Gasteiger partial charge in [-0.1, -0.05) is 11.6 Å². The van der Waals surface area contributed by atoms with Crippen LogP contribution in [0.1, 0.15) is 62.2 Å². The normalized spacial score (nSPS) is 14.8. The van der Waals surface area contributed by atoms with Crippen LogP contribution in [0.3, 0.4) is 0 Å². The van der Waals surface area contributed by atoms with E-state index in [1.54, 1.807) is 0 Å². The van der Waals surface area contributed by atoms with Crippen LogP contribution in [0.2, 0.25) is 0 Å². The number of allylic oxidation sites excluding steroid dienone is 1. The van der Waals surface area contributed by atoms with Crippen molar-refractivity contribution in [2.45, 2.75) is 58.0 Å². The molecule has 0 radical (unpaired) electrons. The Morgan fingerprint density at radius 2 is 1.89 bits per heavy atom. The molecule has 0 unspecified atom stereocenters. The largest absolute Gasteiger partial charge is 0.453 e. The Hall–Kier alpha value is -2.50. The number of benzene rings is 1. The number of nitrogens with one attached hydrogen (secondary N) is 1. The van der Waals surface area contributed by atoms with E-state index in [1.807, 2.05) is 0 Å². The number of amides is 1. The van der Waals surface area contributed by atoms with Crippen LogP contribution in [0.15, 0.2) is 35.9 Å². The summed E-state index contributed by atoms with van der Waals surface area (Å²) in [6.45, 7) is 2.03. The van der Waals surface area contributed by atoms with Gasteiger partial charge in [0.1, 0.15) is 5.82 Å². The first-order chi connectivity index (χ1) is 13.0. The van der Waals surface area contributed by atoms with Crippen LogP contribution in [0.25, 0.3) is 0 Å². The van der Waals surface area contributed by atoms with Crippen molar-refractivity contribution in [3.63, 3.8) is 0 Å². The van der Waals surface area contributed by atoms with E-state index in [9.17, 15) is 18.8 Å². The number of hydrogen-bond donors (Lipinski definition) is 1. The van der Waals surface area contributed by atoms with Crippen LogP contribution < -0.4 is 5.32 Å². The number of Topliss-reactive ketones (excluding diaryl/α,β-unsaturated/α-hetero) is 1. The van der Waals surface area contributed by atoms with Gasteiger partial charge in [-0.25, -0.2) is 4.39 Å². The minimum atomic E-state index is -0.904. The highest BCUT2D eigenvalue weighted by Gasteiger charge is 2.18. The first kappa shape index (κ1) is 20.8. The van der Waals surface area contributed by atoms with E-state index >= 15 is 0 Å². The van der Waals surface area contributed by atoms with Crippen molar-refractivity contribution in [1.29, 1.82) is 0 Å². The predicted molar refractivity (Wildman–Crippen MR) is 99.7 cm³/mol. The average Bonchev–Trinajstić information content (AvgIpc) is 2.67. The zero-order chi connectivity index (χ0) is 19.6. The fourth-order valence-electron chi connectivity index (χ4n) is 2.93. The third-order valence-electron chi connectivity index (χ3n) is 4.53. The van der Waals surface area contributed by atoms with Gasteiger partial charge in [-0.15, -0.1) is 0 Å². The second-order valence-corrected chi connectivity index (χ2v) is 6.71. The summed E-state index contributed by atoms with van der Waals surface area (Å²) in [4.78, 5) is 35.8. The molecule has 0 aliphatic heterocycles. The monoisotopic (exact) mass is 375 g/mol. The first-order valence-electron chi connectivity index (χ1n) is 9.39. The van der Waals surface area contributed by atoms with Gasteiger partial charge < -0.3 is 10.1 Å². The van der Waals surface area contributed by atoms with Gasteiger partial charge in [0.05, 0.1) is 6.42 Å². The Bertz CT molecular complexity index is 697. The van der Waals surface area contributed by atoms with Crippen LogP contribution >= 0.6 is 0 Å². The summed E-state index contributed by atoms with van der Waals surface area (Å²) >= 11 is 0. The molecule has 5 nitrogen and oxygen atoms in total. The summed E-state index contributed by atoms with van der Waals surface area (Å²) < 4.78 is 17.9. The van der Waals surface area contributed by atoms with Gasteiger partial charge in [-0.05, 0) is 63.3 Å². The van der Waals surface area contributed by atoms with Crippen LogP contribution in [-0.4, -0.2) is 30.3 Å². The zero-order valence-electron chi connectivity index (χ0n) is 15.6. The highest BCUT2D eigenvalue weighted by Crippen LogP contribution is 2.19. The summed E-state index contributed by atoms with van der Waals surface area (Å²) in [7, 11) is 0. The molecule has 1 amide bonds. The van der Waals surface area contributed by atoms with Crippen molar-refractivity contribution in [1.82, 2.24) is 5.32 Å². The first-order valence-corrected chi connectivity index (χ1v) is 9.39. The summed E-state index contributed by atoms with van der Waals surface area (Å²) in [5.74, 6) is -1.65. The third-order valence-corrected chi connectivity index (χ3v) is 4.53. The van der Waals surface area contributed by atoms with Crippen molar-refractivity contribution in [3.05, 3.63) is 47.3 Å². The molecule has 146 valence electrons. The smallest absolute Gasteiger partial charge is 0.307 e. The average molecular weight is 375 g/mol. The molecule has 0 bridgehead atoms. The van der Waals surface area contributed by atoms with Crippen LogP contribution in [0, 0.1) is 5.82 Å². The van der Waals surface area contributed by atoms with Gasteiger partial charge in [0.2, 0.25) is 0 Å². The van der Waals surface area contributed by atoms with Crippen molar-refractivity contribution in [3.8, 4) is 0 Å². The number of carbonyl (C=O) groups excluding carboxylic acids is 3. The number of ketones is 1. The second kappa shape index (κ2) is 10.6. The van der Waals surface area contributed by atoms with E-state index in [0.29, 0.717) is 12.1 Å². The molecule has 6 heteroatoms. The topological polar surface area (TPSA) is 72.5 Å². The van der Waals surface area contributed by atoms with Gasteiger partial charge in [-0.3, -0.25) is 14.4 Å². The Morgan fingerprint density at radius 3 is 2.56 bits per heavy atom. The van der Waals surface area contributed by atoms with Crippen LogP contribution in [0.5, 0.6) is 0 Å². The number of halogens is 1. The van der Waals surface area contributed by atoms with Crippen molar-refractivity contribution in [2.24, 2.45) is 0 Å². The maximum Gasteiger partial charge on any atom is 0.307 e. The molecule has 0 spiro atoms. The lowest BCUT2D eigenvalue weighted by Gasteiger charge is -2.15. The summed E-state index contributed by atoms with van der Waals surface area (Å²) in [5.41, 5.74) is 1.71. The molecule has 2 rings (SSSR count). The molecule has 1 aromatic rings. The molecule has 1 atom stereocenters. The fraction of sp³-hybridized carbons (Fsp3) is 0.476. The standard InChI is InChI=1S/C21H26FNO4/c1-15(21(26)23-14-13-16-5-3-2-4-6-16)27-20(25)12-11-19(24)17-7-9-18(22)10-8-17/h5,7-10,15H,2-4,6,11-14H2,1H3,(H,23,26)/t15-/m1/s1. The number of carbonyl (C=O) groups is 3. The van der Waals surface area contributed by atoms with E-state index in [4.69, 9.17) is 4.74 Å². The quantitative estimate of drug-likeness (QED) is 0.406. The van der Waals surface area contributed by atoms with E-state index in [-0.39, 0.29) is 24.5 Å². The molecule has 0 saturated carbocycles. The second-order valence-electron chi connectivity index (χ2n) is 6.71. The fourth-order valence-corrected chi connectivity index (χ4v) is 2.93. The predicted octanol–water partition coefficient (Wildman–Crippen LogP) is 3.73. The number of rotatable bonds is 9. The lowest BCUT2D eigenvalue weighted by molar-refractivity contribution is -0.154. The van der Waals surface area contributed by atoms with Crippen LogP contribution in [-0.2, 0) is 14.3 Å². The molecule has 0 aromatic heterocycles. The van der Waals surface area contributed by atoms with Crippen LogP contribution in [0.4, 0.5) is 4.39 Å². The number of esters is 1. The lowest BCUT2D eigenvalue weighted by atomic mass is 9.97. The van der Waals surface area contributed by atoms with Crippen molar-refractivity contribution >= 4 is 17.7 Å². The maximum absolute atomic E-state index is 12.9. The molecule has 1 N–H and O–H groups in total. The Labute approximate surface area is 159 Å². The number of hydrogen-bond acceptors (Lipinski definition) is 4. The Kier molecular flexibility index (Phi) is 8.17. The van der Waals surface area contributed by atoms with E-state index < -0.39 is 17.9 Å². The Morgan fingerprint density at radius 1 is 1.15 bits per heavy atom. The van der Waals surface area contributed by atoms with Gasteiger partial charge in [0, 0.05) is 18.5 Å². The van der Waals surface area contributed by atoms with Crippen molar-refractivity contribution in [2.75, 3.05) is 6.54 Å². The maximum atomic E-state index is 12.9. The molecular weight excluding hydrogens is 349 g/mol. The van der Waals surface area contributed by atoms with E-state index in [0.717, 1.165) is 19.3 Å². The minimum absolute atomic E-state index is 0.0487. The van der Waals surface area contributed by atoms with E-state index in [1.165, 1.54) is 49.6 Å². The Balaban J connectivity index is 1.66. The zero-order valence-corrected chi connectivity index (χ0v) is 15.6. The molecule has 0 heterocycles. The summed E-state index contributed by atoms with van der Waals surface area (Å²) in [5, 5.41) is 2.77. The highest BCUT2D eigenvalue weighted by molar-refractivity contribution is 5.97. The minimum Gasteiger partial charge on any atom is -0.453 e. The molecular formula is C21H26FNO4. The molecule has 0 fully saturated rings. The lowest BCUT2D eigenvalue weighted by Crippen LogP contribution is -2.36. The molecule has 1 aliphatic carbocycles. The third kappa shape index (κ3) is 7.33. The number of ether oxygens (including phenoxy) is 1. The van der Waals surface area contributed by atoms with Crippen molar-refractivity contribution < 1.29 is 23.5 Å².